The van der Waals surface area contributed by atoms with Gasteiger partial charge in [-0.25, -0.2) is 0 Å². The van der Waals surface area contributed by atoms with Crippen LogP contribution in [0.4, 0.5) is 0 Å². The number of hydrogen-bond donors (Lipinski definition) is 1. The molecule has 0 bridgehead atoms. The molecule has 14 heavy (non-hydrogen) atoms. The summed E-state index contributed by atoms with van der Waals surface area (Å²) in [5, 5.41) is 0. The van der Waals surface area contributed by atoms with E-state index < -0.39 is 0 Å². The molecule has 0 radical (unpaired) electrons. The smallest absolute Gasteiger partial charge is 0.00702 e. The minimum atomic E-state index is 0.335. The van der Waals surface area contributed by atoms with Gasteiger partial charge in [-0.2, -0.15) is 0 Å². The van der Waals surface area contributed by atoms with Gasteiger partial charge in [0.1, 0.15) is 0 Å². The molecular formula is C13H19N. The molecule has 0 spiro atoms. The fraction of sp³-hybridized carbons (Fsp3) is 0.538. The molecule has 1 aliphatic carbocycles. The molecule has 0 saturated heterocycles. The van der Waals surface area contributed by atoms with Gasteiger partial charge in [0, 0.05) is 6.04 Å². The van der Waals surface area contributed by atoms with E-state index >= 15 is 0 Å². The molecule has 1 unspecified atom stereocenters. The monoisotopic (exact) mass is 189 g/mol. The quantitative estimate of drug-likeness (QED) is 0.777. The maximum atomic E-state index is 6.03. The van der Waals surface area contributed by atoms with Crippen LogP contribution < -0.4 is 5.73 Å². The van der Waals surface area contributed by atoms with Gasteiger partial charge in [-0.1, -0.05) is 24.3 Å². The van der Waals surface area contributed by atoms with Crippen molar-refractivity contribution in [1.29, 1.82) is 0 Å². The Morgan fingerprint density at radius 3 is 2.50 bits per heavy atom. The van der Waals surface area contributed by atoms with Gasteiger partial charge in [-0.05, 0) is 49.7 Å². The minimum absolute atomic E-state index is 0.335. The van der Waals surface area contributed by atoms with Crippen LogP contribution in [0.25, 0.3) is 0 Å². The summed E-state index contributed by atoms with van der Waals surface area (Å²) in [4.78, 5) is 0. The van der Waals surface area contributed by atoms with Gasteiger partial charge in [0.15, 0.2) is 0 Å². The molecule has 1 aromatic carbocycles. The highest BCUT2D eigenvalue weighted by atomic mass is 14.7. The standard InChI is InChI=1S/C13H19N/c1-10-5-3-4-6-12(10)9-13(7-8-13)11(2)14/h3-6,11H,7-9,14H2,1-2H3. The van der Waals surface area contributed by atoms with E-state index in [1.807, 2.05) is 0 Å². The predicted octanol–water partition coefficient (Wildman–Crippen LogP) is 2.66. The molecule has 2 rings (SSSR count). The summed E-state index contributed by atoms with van der Waals surface area (Å²) < 4.78 is 0. The second-order valence-electron chi connectivity index (χ2n) is 4.75. The van der Waals surface area contributed by atoms with Crippen molar-refractivity contribution in [3.8, 4) is 0 Å². The molecule has 1 nitrogen and oxygen atoms in total. The van der Waals surface area contributed by atoms with Gasteiger partial charge in [0.05, 0.1) is 0 Å². The zero-order valence-electron chi connectivity index (χ0n) is 9.09. The van der Waals surface area contributed by atoms with E-state index in [9.17, 15) is 0 Å². The number of benzene rings is 1. The molecule has 1 aliphatic rings. The van der Waals surface area contributed by atoms with E-state index in [0.717, 1.165) is 6.42 Å². The maximum absolute atomic E-state index is 6.03. The number of rotatable bonds is 3. The lowest BCUT2D eigenvalue weighted by Crippen LogP contribution is -2.30. The third kappa shape index (κ3) is 1.69. The minimum Gasteiger partial charge on any atom is -0.327 e. The Morgan fingerprint density at radius 2 is 2.00 bits per heavy atom. The van der Waals surface area contributed by atoms with Crippen molar-refractivity contribution in [2.45, 2.75) is 39.2 Å². The molecule has 0 amide bonds. The fourth-order valence-corrected chi connectivity index (χ4v) is 2.14. The summed E-state index contributed by atoms with van der Waals surface area (Å²) in [5.74, 6) is 0. The largest absolute Gasteiger partial charge is 0.327 e. The second kappa shape index (κ2) is 3.39. The second-order valence-corrected chi connectivity index (χ2v) is 4.75. The van der Waals surface area contributed by atoms with Crippen LogP contribution in [0.3, 0.4) is 0 Å². The van der Waals surface area contributed by atoms with Gasteiger partial charge in [0.2, 0.25) is 0 Å². The van der Waals surface area contributed by atoms with Crippen LogP contribution in [0.5, 0.6) is 0 Å². The van der Waals surface area contributed by atoms with Gasteiger partial charge in [-0.3, -0.25) is 0 Å². The molecule has 0 aliphatic heterocycles. The van der Waals surface area contributed by atoms with Gasteiger partial charge in [-0.15, -0.1) is 0 Å². The molecule has 0 aromatic heterocycles. The van der Waals surface area contributed by atoms with E-state index in [2.05, 4.69) is 38.1 Å². The van der Waals surface area contributed by atoms with Crippen LogP contribution in [0, 0.1) is 12.3 Å². The summed E-state index contributed by atoms with van der Waals surface area (Å²) >= 11 is 0. The third-order valence-electron chi connectivity index (χ3n) is 3.66. The lowest BCUT2D eigenvalue weighted by molar-refractivity contribution is 0.418. The highest BCUT2D eigenvalue weighted by Gasteiger charge is 2.45. The SMILES string of the molecule is Cc1ccccc1CC1(C(C)N)CC1. The van der Waals surface area contributed by atoms with E-state index in [1.165, 1.54) is 24.0 Å². The Morgan fingerprint density at radius 1 is 1.36 bits per heavy atom. The van der Waals surface area contributed by atoms with Gasteiger partial charge >= 0.3 is 0 Å². The Bertz CT molecular complexity index is 324. The van der Waals surface area contributed by atoms with Gasteiger partial charge < -0.3 is 5.73 Å². The van der Waals surface area contributed by atoms with Crippen molar-refractivity contribution >= 4 is 0 Å². The van der Waals surface area contributed by atoms with E-state index in [1.54, 1.807) is 0 Å². The summed E-state index contributed by atoms with van der Waals surface area (Å²) in [6.45, 7) is 4.33. The molecule has 0 heterocycles. The van der Waals surface area contributed by atoms with Crippen LogP contribution in [0.2, 0.25) is 0 Å². The lowest BCUT2D eigenvalue weighted by atomic mass is 9.89. The first-order chi connectivity index (χ1) is 6.64. The first kappa shape index (κ1) is 9.72. The highest BCUT2D eigenvalue weighted by Crippen LogP contribution is 2.50. The van der Waals surface area contributed by atoms with Crippen molar-refractivity contribution in [3.63, 3.8) is 0 Å². The lowest BCUT2D eigenvalue weighted by Gasteiger charge is -2.20. The highest BCUT2D eigenvalue weighted by molar-refractivity contribution is 5.28. The molecule has 2 N–H and O–H groups in total. The molecule has 1 atom stereocenters. The summed E-state index contributed by atoms with van der Waals surface area (Å²) in [6.07, 6.45) is 3.77. The van der Waals surface area contributed by atoms with Crippen molar-refractivity contribution < 1.29 is 0 Å². The predicted molar refractivity (Wildman–Crippen MR) is 60.2 cm³/mol. The van der Waals surface area contributed by atoms with Crippen molar-refractivity contribution in [3.05, 3.63) is 35.4 Å². The van der Waals surface area contributed by atoms with Crippen LogP contribution in [0.15, 0.2) is 24.3 Å². The molecule has 76 valence electrons. The molecule has 1 saturated carbocycles. The summed E-state index contributed by atoms with van der Waals surface area (Å²) in [6, 6.07) is 8.98. The maximum Gasteiger partial charge on any atom is 0.00702 e. The topological polar surface area (TPSA) is 26.0 Å². The third-order valence-corrected chi connectivity index (χ3v) is 3.66. The molecule has 1 aromatic rings. The Balaban J connectivity index is 2.15. The summed E-state index contributed by atoms with van der Waals surface area (Å²) in [7, 11) is 0. The first-order valence-electron chi connectivity index (χ1n) is 5.44. The number of hydrogen-bond acceptors (Lipinski definition) is 1. The van der Waals surface area contributed by atoms with Crippen LogP contribution in [-0.4, -0.2) is 6.04 Å². The fourth-order valence-electron chi connectivity index (χ4n) is 2.14. The van der Waals surface area contributed by atoms with E-state index in [0.29, 0.717) is 11.5 Å². The Hall–Kier alpha value is -0.820. The Kier molecular flexibility index (Phi) is 2.36. The number of aryl methyl sites for hydroxylation is 1. The average molecular weight is 189 g/mol. The van der Waals surface area contributed by atoms with Crippen molar-refractivity contribution in [2.24, 2.45) is 11.1 Å². The number of nitrogens with two attached hydrogens (primary N) is 1. The first-order valence-corrected chi connectivity index (χ1v) is 5.44. The van der Waals surface area contributed by atoms with E-state index in [4.69, 9.17) is 5.73 Å². The zero-order valence-corrected chi connectivity index (χ0v) is 9.09. The van der Waals surface area contributed by atoms with Crippen LogP contribution in [0.1, 0.15) is 30.9 Å². The van der Waals surface area contributed by atoms with Crippen LogP contribution in [-0.2, 0) is 6.42 Å². The van der Waals surface area contributed by atoms with Crippen molar-refractivity contribution in [1.82, 2.24) is 0 Å². The summed E-state index contributed by atoms with van der Waals surface area (Å²) in [5.41, 5.74) is 9.33. The molecule has 1 heteroatoms. The van der Waals surface area contributed by atoms with E-state index in [-0.39, 0.29) is 0 Å². The van der Waals surface area contributed by atoms with Gasteiger partial charge in [0.25, 0.3) is 0 Å². The normalized spacial score (nSPS) is 20.5. The molecule has 1 fully saturated rings. The zero-order chi connectivity index (χ0) is 10.2. The molecular weight excluding hydrogens is 170 g/mol. The Labute approximate surface area is 86.3 Å². The van der Waals surface area contributed by atoms with Crippen LogP contribution >= 0.6 is 0 Å². The van der Waals surface area contributed by atoms with Crippen molar-refractivity contribution in [2.75, 3.05) is 0 Å². The average Bonchev–Trinajstić information content (AvgIpc) is 2.90.